The fourth-order valence-electron chi connectivity index (χ4n) is 6.39. The number of hydrogen-bond acceptors (Lipinski definition) is 8. The monoisotopic (exact) mass is 708 g/mol. The van der Waals surface area contributed by atoms with Gasteiger partial charge in [0.1, 0.15) is 24.4 Å². The Balaban J connectivity index is 1.38. The lowest BCUT2D eigenvalue weighted by molar-refractivity contribution is -0.131. The van der Waals surface area contributed by atoms with E-state index in [1.165, 1.54) is 0 Å². The maximum absolute atomic E-state index is 14.2. The van der Waals surface area contributed by atoms with E-state index in [0.717, 1.165) is 27.8 Å². The Kier molecular flexibility index (Phi) is 13.4. The fourth-order valence-corrected chi connectivity index (χ4v) is 6.39. The van der Waals surface area contributed by atoms with Crippen LogP contribution >= 0.6 is 0 Å². The number of carbonyl (C=O) groups excluding carboxylic acids is 3. The molecule has 1 aliphatic rings. The minimum Gasteiger partial charge on any atom is -0.497 e. The third kappa shape index (κ3) is 10.2. The van der Waals surface area contributed by atoms with Gasteiger partial charge in [0.15, 0.2) is 0 Å². The third-order valence-electron chi connectivity index (χ3n) is 9.28. The standard InChI is InChI=1S/C41H48N4O7/c1-26(2)35(45-41(50)52-25-29-14-8-5-9-15-29)39(48)43-33(22-27-12-6-4-7-13-27)38(47)37(42-24-28-18-20-31(51-3)21-19-28)40(49)44-36-32-17-11-10-16-30(32)23-34(36)46/h4-21,26,33-38,42,46-47H,22-25H2,1-3H3,(H,43,48)(H,44,49)(H,45,50)/t33-,34?,35-,36-,37+,38+/m0/s1. The number of aliphatic hydroxyl groups excluding tert-OH is 2. The topological polar surface area (TPSA) is 158 Å². The molecule has 3 amide bonds. The van der Waals surface area contributed by atoms with E-state index in [-0.39, 0.29) is 25.5 Å². The van der Waals surface area contributed by atoms with E-state index in [0.29, 0.717) is 12.2 Å². The van der Waals surface area contributed by atoms with Crippen LogP contribution in [0, 0.1) is 5.92 Å². The number of fused-ring (bicyclic) bond motifs is 1. The number of rotatable bonds is 16. The average molecular weight is 709 g/mol. The van der Waals surface area contributed by atoms with Crippen LogP contribution in [0.25, 0.3) is 0 Å². The second-order valence-electron chi connectivity index (χ2n) is 13.4. The predicted octanol–water partition coefficient (Wildman–Crippen LogP) is 3.97. The molecule has 1 aliphatic carbocycles. The van der Waals surface area contributed by atoms with Crippen LogP contribution in [0.15, 0.2) is 109 Å². The molecule has 6 atom stereocenters. The molecule has 0 bridgehead atoms. The van der Waals surface area contributed by atoms with E-state index in [4.69, 9.17) is 9.47 Å². The molecule has 4 aromatic rings. The van der Waals surface area contributed by atoms with Crippen molar-refractivity contribution in [2.24, 2.45) is 5.92 Å². The molecule has 11 heteroatoms. The third-order valence-corrected chi connectivity index (χ3v) is 9.28. The lowest BCUT2D eigenvalue weighted by atomic mass is 9.94. The normalized spacial score (nSPS) is 17.3. The Hall–Kier alpha value is -5.23. The molecule has 0 aromatic heterocycles. The quantitative estimate of drug-likeness (QED) is 0.102. The highest BCUT2D eigenvalue weighted by molar-refractivity contribution is 5.87. The second-order valence-corrected chi connectivity index (χ2v) is 13.4. The van der Waals surface area contributed by atoms with Crippen molar-refractivity contribution in [3.63, 3.8) is 0 Å². The molecular formula is C41H48N4O7. The van der Waals surface area contributed by atoms with Gasteiger partial charge in [-0.1, -0.05) is 111 Å². The summed E-state index contributed by atoms with van der Waals surface area (Å²) in [5.41, 5.74) is 4.20. The molecule has 11 nitrogen and oxygen atoms in total. The summed E-state index contributed by atoms with van der Waals surface area (Å²) >= 11 is 0. The lowest BCUT2D eigenvalue weighted by Gasteiger charge is -2.33. The first-order valence-electron chi connectivity index (χ1n) is 17.5. The number of ether oxygens (including phenoxy) is 2. The van der Waals surface area contributed by atoms with Crippen LogP contribution in [0.5, 0.6) is 5.75 Å². The van der Waals surface area contributed by atoms with Crippen molar-refractivity contribution in [3.8, 4) is 5.75 Å². The summed E-state index contributed by atoms with van der Waals surface area (Å²) < 4.78 is 10.7. The largest absolute Gasteiger partial charge is 0.497 e. The number of hydrogen-bond donors (Lipinski definition) is 6. The van der Waals surface area contributed by atoms with Crippen molar-refractivity contribution in [2.75, 3.05) is 7.11 Å². The first-order valence-corrected chi connectivity index (χ1v) is 17.5. The molecule has 274 valence electrons. The van der Waals surface area contributed by atoms with Gasteiger partial charge in [-0.15, -0.1) is 0 Å². The van der Waals surface area contributed by atoms with Gasteiger partial charge in [0.05, 0.1) is 31.4 Å². The van der Waals surface area contributed by atoms with Crippen molar-refractivity contribution >= 4 is 17.9 Å². The molecule has 0 fully saturated rings. The summed E-state index contributed by atoms with van der Waals surface area (Å²) in [5, 5.41) is 34.9. The smallest absolute Gasteiger partial charge is 0.408 e. The molecule has 6 N–H and O–H groups in total. The van der Waals surface area contributed by atoms with Crippen molar-refractivity contribution in [1.29, 1.82) is 0 Å². The molecule has 0 aliphatic heterocycles. The van der Waals surface area contributed by atoms with E-state index >= 15 is 0 Å². The number of nitrogens with one attached hydrogen (secondary N) is 4. The molecule has 0 saturated carbocycles. The highest BCUT2D eigenvalue weighted by atomic mass is 16.5. The Labute approximate surface area is 304 Å². The van der Waals surface area contributed by atoms with Crippen LogP contribution in [-0.2, 0) is 40.3 Å². The van der Waals surface area contributed by atoms with Crippen LogP contribution in [0.4, 0.5) is 4.79 Å². The lowest BCUT2D eigenvalue weighted by Crippen LogP contribution is -2.62. The van der Waals surface area contributed by atoms with Gasteiger partial charge in [0.2, 0.25) is 11.8 Å². The molecule has 0 heterocycles. The van der Waals surface area contributed by atoms with E-state index in [1.54, 1.807) is 33.1 Å². The Morgan fingerprint density at radius 1 is 0.769 bits per heavy atom. The van der Waals surface area contributed by atoms with Gasteiger partial charge in [0.25, 0.3) is 0 Å². The molecule has 4 aromatic carbocycles. The second kappa shape index (κ2) is 18.3. The zero-order valence-electron chi connectivity index (χ0n) is 29.7. The van der Waals surface area contributed by atoms with E-state index < -0.39 is 54.3 Å². The summed E-state index contributed by atoms with van der Waals surface area (Å²) in [7, 11) is 1.58. The number of benzene rings is 4. The number of aliphatic hydroxyl groups is 2. The van der Waals surface area contributed by atoms with Crippen molar-refractivity contribution < 1.29 is 34.1 Å². The molecular weight excluding hydrogens is 660 g/mol. The SMILES string of the molecule is COc1ccc(CN[C@@H](C(=O)N[C@H]2c3ccccc3CC2O)[C@H](O)[C@H](Cc2ccccc2)NC(=O)[C@@H](NC(=O)OCc2ccccc2)C(C)C)cc1. The van der Waals surface area contributed by atoms with Crippen LogP contribution < -0.4 is 26.0 Å². The van der Waals surface area contributed by atoms with Crippen LogP contribution in [0.2, 0.25) is 0 Å². The minimum atomic E-state index is -1.45. The van der Waals surface area contributed by atoms with Crippen LogP contribution in [0.1, 0.15) is 47.7 Å². The maximum Gasteiger partial charge on any atom is 0.408 e. The van der Waals surface area contributed by atoms with E-state index in [2.05, 4.69) is 21.3 Å². The molecule has 5 rings (SSSR count). The maximum atomic E-state index is 14.2. The van der Waals surface area contributed by atoms with Gasteiger partial charge in [0, 0.05) is 13.0 Å². The van der Waals surface area contributed by atoms with E-state index in [9.17, 15) is 24.6 Å². The Morgan fingerprint density at radius 2 is 1.40 bits per heavy atom. The highest BCUT2D eigenvalue weighted by Gasteiger charge is 2.39. The zero-order valence-corrected chi connectivity index (χ0v) is 29.7. The van der Waals surface area contributed by atoms with Crippen LogP contribution in [0.3, 0.4) is 0 Å². The fraction of sp³-hybridized carbons (Fsp3) is 0.341. The molecule has 0 radical (unpaired) electrons. The summed E-state index contributed by atoms with van der Waals surface area (Å²) in [6.45, 7) is 3.83. The molecule has 0 spiro atoms. The van der Waals surface area contributed by atoms with Crippen molar-refractivity contribution in [1.82, 2.24) is 21.3 Å². The van der Waals surface area contributed by atoms with Crippen molar-refractivity contribution in [3.05, 3.63) is 137 Å². The van der Waals surface area contributed by atoms with Gasteiger partial charge >= 0.3 is 6.09 Å². The first kappa shape index (κ1) is 38.0. The summed E-state index contributed by atoms with van der Waals surface area (Å²) in [4.78, 5) is 40.9. The van der Waals surface area contributed by atoms with Gasteiger partial charge in [-0.05, 0) is 52.3 Å². The Bertz CT molecular complexity index is 1750. The van der Waals surface area contributed by atoms with Gasteiger partial charge in [-0.2, -0.15) is 0 Å². The zero-order chi connectivity index (χ0) is 37.0. The van der Waals surface area contributed by atoms with Crippen LogP contribution in [-0.4, -0.2) is 65.6 Å². The van der Waals surface area contributed by atoms with Crippen molar-refractivity contribution in [2.45, 2.75) is 76.2 Å². The van der Waals surface area contributed by atoms with Gasteiger partial charge in [-0.25, -0.2) is 4.79 Å². The summed E-state index contributed by atoms with van der Waals surface area (Å²) in [6.07, 6.45) is -2.49. The number of methoxy groups -OCH3 is 1. The number of alkyl carbamates (subject to hydrolysis) is 1. The van der Waals surface area contributed by atoms with E-state index in [1.807, 2.05) is 97.1 Å². The minimum absolute atomic E-state index is 0.0330. The summed E-state index contributed by atoms with van der Waals surface area (Å²) in [6, 6.07) is 29.5. The molecule has 0 saturated heterocycles. The first-order chi connectivity index (χ1) is 25.1. The summed E-state index contributed by atoms with van der Waals surface area (Å²) in [5.74, 6) is -0.747. The Morgan fingerprint density at radius 3 is 2.06 bits per heavy atom. The number of amides is 3. The molecule has 1 unspecified atom stereocenters. The molecule has 52 heavy (non-hydrogen) atoms. The highest BCUT2D eigenvalue weighted by Crippen LogP contribution is 2.31. The van der Waals surface area contributed by atoms with Gasteiger partial charge < -0.3 is 35.6 Å². The predicted molar refractivity (Wildman–Crippen MR) is 197 cm³/mol. The average Bonchev–Trinajstić information content (AvgIpc) is 3.47. The van der Waals surface area contributed by atoms with Gasteiger partial charge in [-0.3, -0.25) is 14.9 Å². The number of carbonyl (C=O) groups is 3.